The summed E-state index contributed by atoms with van der Waals surface area (Å²) in [6, 6.07) is -1.41. The number of hydrogen-bond donors (Lipinski definition) is 2. The number of carbonyl (C=O) groups excluding carboxylic acids is 2. The maximum absolute atomic E-state index is 12.5. The molecule has 0 aliphatic carbocycles. The molecule has 1 aliphatic rings. The van der Waals surface area contributed by atoms with Crippen molar-refractivity contribution in [3.8, 4) is 0 Å². The first-order valence-corrected chi connectivity index (χ1v) is 7.57. The van der Waals surface area contributed by atoms with Gasteiger partial charge in [-0.2, -0.15) is 13.2 Å². The van der Waals surface area contributed by atoms with Crippen molar-refractivity contribution in [1.29, 1.82) is 0 Å². The van der Waals surface area contributed by atoms with Crippen molar-refractivity contribution in [3.63, 3.8) is 0 Å². The fourth-order valence-corrected chi connectivity index (χ4v) is 2.44. The van der Waals surface area contributed by atoms with Crippen LogP contribution < -0.4 is 5.32 Å². The fourth-order valence-electron chi connectivity index (χ4n) is 2.44. The molecule has 2 unspecified atom stereocenters. The third kappa shape index (κ3) is 5.82. The Kier molecular flexibility index (Phi) is 7.12. The Balaban J connectivity index is 2.57. The van der Waals surface area contributed by atoms with Crippen LogP contribution >= 0.6 is 0 Å². The van der Waals surface area contributed by atoms with E-state index in [1.165, 1.54) is 11.8 Å². The summed E-state index contributed by atoms with van der Waals surface area (Å²) < 4.78 is 37.5. The lowest BCUT2D eigenvalue weighted by Crippen LogP contribution is -2.52. The lowest BCUT2D eigenvalue weighted by atomic mass is 10.1. The van der Waals surface area contributed by atoms with E-state index in [1.807, 2.05) is 0 Å². The molecule has 2 atom stereocenters. The molecule has 1 aliphatic heterocycles. The number of halogens is 3. The molecular formula is C14H23F3N2O3. The summed E-state index contributed by atoms with van der Waals surface area (Å²) in [6.07, 6.45) is -3.61. The smallest absolute Gasteiger partial charge is 0.382 e. The highest BCUT2D eigenvalue weighted by atomic mass is 19.4. The first kappa shape index (κ1) is 18.7. The third-order valence-corrected chi connectivity index (χ3v) is 3.76. The Morgan fingerprint density at radius 3 is 2.55 bits per heavy atom. The Hall–Kier alpha value is -1.31. The molecule has 1 rings (SSSR count). The predicted molar refractivity (Wildman–Crippen MR) is 73.9 cm³/mol. The van der Waals surface area contributed by atoms with Gasteiger partial charge in [0.15, 0.2) is 6.10 Å². The number of rotatable bonds is 5. The molecule has 1 saturated heterocycles. The van der Waals surface area contributed by atoms with E-state index in [9.17, 15) is 27.9 Å². The van der Waals surface area contributed by atoms with Crippen molar-refractivity contribution < 1.29 is 27.9 Å². The van der Waals surface area contributed by atoms with Gasteiger partial charge < -0.3 is 15.3 Å². The van der Waals surface area contributed by atoms with Gasteiger partial charge in [-0.1, -0.05) is 19.8 Å². The Morgan fingerprint density at radius 1 is 1.32 bits per heavy atom. The van der Waals surface area contributed by atoms with Crippen LogP contribution in [0.3, 0.4) is 0 Å². The van der Waals surface area contributed by atoms with Crippen molar-refractivity contribution in [2.75, 3.05) is 13.1 Å². The second kappa shape index (κ2) is 8.36. The molecule has 0 bridgehead atoms. The van der Waals surface area contributed by atoms with E-state index in [0.29, 0.717) is 13.0 Å². The molecule has 2 N–H and O–H groups in total. The monoisotopic (exact) mass is 324 g/mol. The van der Waals surface area contributed by atoms with Crippen molar-refractivity contribution in [2.45, 2.75) is 63.8 Å². The summed E-state index contributed by atoms with van der Waals surface area (Å²) in [4.78, 5) is 25.1. The van der Waals surface area contributed by atoms with Gasteiger partial charge in [0.25, 0.3) is 0 Å². The molecule has 0 aromatic carbocycles. The second-order valence-electron chi connectivity index (χ2n) is 5.55. The number of hydrogen-bond acceptors (Lipinski definition) is 3. The van der Waals surface area contributed by atoms with Gasteiger partial charge in [0.2, 0.25) is 11.8 Å². The van der Waals surface area contributed by atoms with E-state index in [-0.39, 0.29) is 18.9 Å². The van der Waals surface area contributed by atoms with Gasteiger partial charge in [-0.25, -0.2) is 0 Å². The van der Waals surface area contributed by atoms with E-state index in [1.54, 1.807) is 0 Å². The standard InChI is InChI=1S/C14H23F3N2O3/c1-2-10(13(22)14(15,16)17)18-11(20)9-19-8-6-4-3-5-7-12(19)21/h10,13,22H,2-9H2,1H3,(H,18,20). The Bertz CT molecular complexity index is 388. The number of nitrogens with one attached hydrogen (secondary N) is 1. The van der Waals surface area contributed by atoms with Gasteiger partial charge in [-0.15, -0.1) is 0 Å². The van der Waals surface area contributed by atoms with Crippen LogP contribution in [0.2, 0.25) is 0 Å². The number of carbonyl (C=O) groups is 2. The minimum atomic E-state index is -4.79. The van der Waals surface area contributed by atoms with E-state index >= 15 is 0 Å². The minimum absolute atomic E-state index is 0.0552. The summed E-state index contributed by atoms with van der Waals surface area (Å²) in [6.45, 7) is 1.62. The van der Waals surface area contributed by atoms with Crippen LogP contribution in [0.1, 0.15) is 45.4 Å². The van der Waals surface area contributed by atoms with E-state index in [4.69, 9.17) is 0 Å². The Labute approximate surface area is 127 Å². The summed E-state index contributed by atoms with van der Waals surface area (Å²) in [7, 11) is 0. The molecule has 2 amide bonds. The summed E-state index contributed by atoms with van der Waals surface area (Å²) in [5, 5.41) is 11.4. The van der Waals surface area contributed by atoms with Crippen LogP contribution in [0.4, 0.5) is 13.2 Å². The van der Waals surface area contributed by atoms with Gasteiger partial charge in [-0.05, 0) is 19.3 Å². The lowest BCUT2D eigenvalue weighted by molar-refractivity contribution is -0.212. The number of amides is 2. The molecule has 128 valence electrons. The zero-order chi connectivity index (χ0) is 16.8. The van der Waals surface area contributed by atoms with Crippen molar-refractivity contribution >= 4 is 11.8 Å². The largest absolute Gasteiger partial charge is 0.416 e. The van der Waals surface area contributed by atoms with Gasteiger partial charge in [0.05, 0.1) is 12.6 Å². The predicted octanol–water partition coefficient (Wildman–Crippen LogP) is 1.60. The normalized spacial score (nSPS) is 20.0. The van der Waals surface area contributed by atoms with E-state index < -0.39 is 24.2 Å². The summed E-state index contributed by atoms with van der Waals surface area (Å²) in [5.41, 5.74) is 0. The highest BCUT2D eigenvalue weighted by molar-refractivity contribution is 5.85. The van der Waals surface area contributed by atoms with Crippen LogP contribution in [0.25, 0.3) is 0 Å². The highest BCUT2D eigenvalue weighted by Crippen LogP contribution is 2.23. The van der Waals surface area contributed by atoms with Crippen LogP contribution in [-0.2, 0) is 9.59 Å². The number of aliphatic hydroxyl groups excluding tert-OH is 1. The number of likely N-dealkylation sites (tertiary alicyclic amines) is 1. The third-order valence-electron chi connectivity index (χ3n) is 3.76. The van der Waals surface area contributed by atoms with Crippen molar-refractivity contribution in [2.24, 2.45) is 0 Å². The fraction of sp³-hybridized carbons (Fsp3) is 0.857. The molecule has 0 aromatic heterocycles. The molecule has 1 heterocycles. The molecule has 0 spiro atoms. The maximum Gasteiger partial charge on any atom is 0.416 e. The maximum atomic E-state index is 12.5. The van der Waals surface area contributed by atoms with Gasteiger partial charge in [0.1, 0.15) is 0 Å². The minimum Gasteiger partial charge on any atom is -0.382 e. The molecular weight excluding hydrogens is 301 g/mol. The number of nitrogens with zero attached hydrogens (tertiary/aromatic N) is 1. The average Bonchev–Trinajstić information content (AvgIpc) is 2.42. The zero-order valence-electron chi connectivity index (χ0n) is 12.7. The topological polar surface area (TPSA) is 69.6 Å². The summed E-state index contributed by atoms with van der Waals surface area (Å²) >= 11 is 0. The first-order chi connectivity index (χ1) is 10.3. The lowest BCUT2D eigenvalue weighted by Gasteiger charge is -2.28. The molecule has 0 saturated carbocycles. The van der Waals surface area contributed by atoms with E-state index in [0.717, 1.165) is 25.7 Å². The SMILES string of the molecule is CCC(NC(=O)CN1CCCCCCC1=O)C(O)C(F)(F)F. The highest BCUT2D eigenvalue weighted by Gasteiger charge is 2.43. The second-order valence-corrected chi connectivity index (χ2v) is 5.55. The van der Waals surface area contributed by atoms with Crippen LogP contribution in [-0.4, -0.2) is 53.2 Å². The molecule has 22 heavy (non-hydrogen) atoms. The van der Waals surface area contributed by atoms with Crippen molar-refractivity contribution in [3.05, 3.63) is 0 Å². The van der Waals surface area contributed by atoms with Gasteiger partial charge in [0, 0.05) is 13.0 Å². The molecule has 8 heteroatoms. The van der Waals surface area contributed by atoms with E-state index in [2.05, 4.69) is 5.32 Å². The van der Waals surface area contributed by atoms with Crippen molar-refractivity contribution in [1.82, 2.24) is 10.2 Å². The van der Waals surface area contributed by atoms with Gasteiger partial charge >= 0.3 is 6.18 Å². The summed E-state index contributed by atoms with van der Waals surface area (Å²) in [5.74, 6) is -0.830. The zero-order valence-corrected chi connectivity index (χ0v) is 12.7. The van der Waals surface area contributed by atoms with Crippen LogP contribution in [0.5, 0.6) is 0 Å². The number of alkyl halides is 3. The first-order valence-electron chi connectivity index (χ1n) is 7.57. The molecule has 0 aromatic rings. The van der Waals surface area contributed by atoms with Crippen LogP contribution in [0, 0.1) is 0 Å². The quantitative estimate of drug-likeness (QED) is 0.807. The van der Waals surface area contributed by atoms with Gasteiger partial charge in [-0.3, -0.25) is 9.59 Å². The average molecular weight is 324 g/mol. The molecule has 0 radical (unpaired) electrons. The number of aliphatic hydroxyl groups is 1. The molecule has 5 nitrogen and oxygen atoms in total. The molecule has 1 fully saturated rings. The van der Waals surface area contributed by atoms with Crippen LogP contribution in [0.15, 0.2) is 0 Å². The Morgan fingerprint density at radius 2 is 1.95 bits per heavy atom.